The van der Waals surface area contributed by atoms with Crippen molar-refractivity contribution in [3.05, 3.63) is 134 Å². The summed E-state index contributed by atoms with van der Waals surface area (Å²) in [5, 5.41) is 20.7. The molecule has 0 spiro atoms. The minimum Gasteiger partial charge on any atom is -0.463 e. The minimum atomic E-state index is -4.94. The number of carbonyl (C=O) groups excluding carboxylic acids is 3. The van der Waals surface area contributed by atoms with Crippen molar-refractivity contribution in [1.82, 2.24) is 0 Å². The lowest BCUT2D eigenvalue weighted by atomic mass is 10.0. The second-order valence-corrected chi connectivity index (χ2v) is 32.6. The molecule has 111 heavy (non-hydrogen) atoms. The van der Waals surface area contributed by atoms with Crippen molar-refractivity contribution in [2.45, 2.75) is 399 Å². The van der Waals surface area contributed by atoms with E-state index >= 15 is 0 Å². The number of hydrogen-bond acceptors (Lipinski definition) is 14. The molecule has 0 heterocycles. The van der Waals surface area contributed by atoms with Gasteiger partial charge in [-0.1, -0.05) is 353 Å². The van der Waals surface area contributed by atoms with Crippen LogP contribution in [0.3, 0.4) is 0 Å². The molecule has 0 aromatic heterocycles. The van der Waals surface area contributed by atoms with E-state index in [9.17, 15) is 43.5 Å². The molecule has 0 fully saturated rings. The van der Waals surface area contributed by atoms with Crippen molar-refractivity contribution >= 4 is 33.6 Å². The van der Waals surface area contributed by atoms with E-state index in [0.29, 0.717) is 19.3 Å². The van der Waals surface area contributed by atoms with Gasteiger partial charge in [0, 0.05) is 19.3 Å². The van der Waals surface area contributed by atoms with Gasteiger partial charge in [0.1, 0.15) is 25.4 Å². The van der Waals surface area contributed by atoms with E-state index in [2.05, 4.69) is 154 Å². The summed E-state index contributed by atoms with van der Waals surface area (Å²) >= 11 is 0. The highest BCUT2D eigenvalue weighted by Gasteiger charge is 2.29. The predicted octanol–water partition coefficient (Wildman–Crippen LogP) is 27.0. The Labute approximate surface area is 677 Å². The Morgan fingerprint density at radius 3 is 0.757 bits per heavy atom. The fraction of sp³-hybridized carbons (Fsp3) is 0.731. The molecule has 0 radical (unpaired) electrons. The van der Waals surface area contributed by atoms with E-state index in [1.165, 1.54) is 167 Å². The van der Waals surface area contributed by atoms with E-state index in [1.807, 2.05) is 0 Å². The van der Waals surface area contributed by atoms with E-state index < -0.39 is 91.5 Å². The maximum Gasteiger partial charge on any atom is 0.472 e. The second-order valence-electron chi connectivity index (χ2n) is 29.7. The second kappa shape index (κ2) is 85.1. The van der Waals surface area contributed by atoms with Gasteiger partial charge in [0.15, 0.2) is 6.10 Å². The van der Waals surface area contributed by atoms with Crippen LogP contribution in [0.25, 0.3) is 0 Å². The molecule has 5 unspecified atom stereocenters. The monoisotopic (exact) mass is 1600 g/mol. The lowest BCUT2D eigenvalue weighted by molar-refractivity contribution is -0.161. The van der Waals surface area contributed by atoms with Crippen molar-refractivity contribution in [3.63, 3.8) is 0 Å². The minimum absolute atomic E-state index is 0.0900. The fourth-order valence-electron chi connectivity index (χ4n) is 12.1. The largest absolute Gasteiger partial charge is 0.472 e. The summed E-state index contributed by atoms with van der Waals surface area (Å²) in [6, 6.07) is 0. The van der Waals surface area contributed by atoms with Crippen LogP contribution < -0.4 is 0 Å². The molecule has 0 aromatic rings. The highest BCUT2D eigenvalue weighted by atomic mass is 31.2. The number of allylic oxidation sites excluding steroid dienone is 22. The van der Waals surface area contributed by atoms with Crippen LogP contribution in [0, 0.1) is 0 Å². The average molecular weight is 1600 g/mol. The Morgan fingerprint density at radius 2 is 0.477 bits per heavy atom. The van der Waals surface area contributed by atoms with Gasteiger partial charge in [-0.15, -0.1) is 0 Å². The number of hydrogen-bond donors (Lipinski definition) is 4. The number of unbranched alkanes of at least 4 members (excludes halogenated alkanes) is 39. The Hall–Kier alpha value is -4.31. The average Bonchev–Trinajstić information content (AvgIpc) is 0.903. The molecule has 0 aliphatic heterocycles. The third kappa shape index (κ3) is 86.4. The third-order valence-electron chi connectivity index (χ3n) is 18.8. The Bertz CT molecular complexity index is 2550. The van der Waals surface area contributed by atoms with Gasteiger partial charge in [0.2, 0.25) is 0 Å². The Morgan fingerprint density at radius 1 is 0.261 bits per heavy atom. The van der Waals surface area contributed by atoms with Crippen molar-refractivity contribution in [2.24, 2.45) is 0 Å². The van der Waals surface area contributed by atoms with Gasteiger partial charge in [0.25, 0.3) is 0 Å². The van der Waals surface area contributed by atoms with Gasteiger partial charge >= 0.3 is 33.6 Å². The summed E-state index contributed by atoms with van der Waals surface area (Å²) < 4.78 is 61.4. The first-order chi connectivity index (χ1) is 54.2. The first kappa shape index (κ1) is 107. The van der Waals surface area contributed by atoms with Gasteiger partial charge in [-0.2, -0.15) is 0 Å². The lowest BCUT2D eigenvalue weighted by Crippen LogP contribution is -2.30. The molecule has 18 heteroatoms. The van der Waals surface area contributed by atoms with Crippen LogP contribution >= 0.6 is 15.6 Å². The number of rotatable bonds is 84. The van der Waals surface area contributed by atoms with Crippen LogP contribution in [0.15, 0.2) is 134 Å². The number of aliphatic hydroxyl groups excluding tert-OH is 2. The number of aliphatic hydroxyl groups is 2. The first-order valence-electron chi connectivity index (χ1n) is 44.5. The molecule has 0 amide bonds. The van der Waals surface area contributed by atoms with Gasteiger partial charge in [0.05, 0.1) is 26.4 Å². The van der Waals surface area contributed by atoms with Gasteiger partial charge in [-0.3, -0.25) is 32.5 Å². The summed E-state index contributed by atoms with van der Waals surface area (Å²) in [6.45, 7) is 2.54. The van der Waals surface area contributed by atoms with Crippen molar-refractivity contribution in [2.75, 3.05) is 39.6 Å². The zero-order valence-corrected chi connectivity index (χ0v) is 72.1. The topological polar surface area (TPSA) is 231 Å². The molecule has 4 N–H and O–H groups in total. The van der Waals surface area contributed by atoms with Crippen molar-refractivity contribution in [3.8, 4) is 0 Å². The molecule has 0 aliphatic rings. The highest BCUT2D eigenvalue weighted by molar-refractivity contribution is 7.47. The smallest absolute Gasteiger partial charge is 0.463 e. The molecule has 0 saturated heterocycles. The van der Waals surface area contributed by atoms with Crippen LogP contribution in [0.5, 0.6) is 0 Å². The Balaban J connectivity index is 4.50. The number of carbonyl (C=O) groups is 3. The molecule has 5 atom stereocenters. The SMILES string of the molecule is CC/C=C\C/C=C\C/C=C\CCCCCCCCCC(=O)OC(COC(=O)CCCCCCCCCCC/C=C\C/C=C\C/C=C\C/C=C\CCCCC)COP(=O)(O)OCC(O)COP(=O)(O)OCC(O)COC(=O)CCCCCCCCCCCCCCCCCCC/C=C\C/C=C\C/C=C\C/C=C\CCCCC. The van der Waals surface area contributed by atoms with Gasteiger partial charge in [-0.05, 0) is 141 Å². The number of phosphoric ester groups is 2. The van der Waals surface area contributed by atoms with Crippen LogP contribution in [-0.4, -0.2) is 95.9 Å². The van der Waals surface area contributed by atoms with Gasteiger partial charge < -0.3 is 34.2 Å². The summed E-state index contributed by atoms with van der Waals surface area (Å²) in [6.07, 6.45) is 105. The molecule has 0 rings (SSSR count). The molecule has 16 nitrogen and oxygen atoms in total. The molecule has 0 bridgehead atoms. The van der Waals surface area contributed by atoms with Crippen molar-refractivity contribution < 1.29 is 75.8 Å². The van der Waals surface area contributed by atoms with Crippen LogP contribution in [-0.2, 0) is 55.8 Å². The third-order valence-corrected chi connectivity index (χ3v) is 20.7. The number of phosphoric acid groups is 2. The van der Waals surface area contributed by atoms with Crippen LogP contribution in [0.4, 0.5) is 0 Å². The van der Waals surface area contributed by atoms with E-state index in [1.54, 1.807) is 0 Å². The number of esters is 3. The molecule has 0 saturated carbocycles. The standard InChI is InChI=1S/C93H162O16P2/c1-4-7-10-13-16-19-22-25-28-31-33-35-37-39-40-41-42-43-44-45-46-48-50-51-53-56-58-61-64-67-70-73-76-79-91(96)103-82-88(94)83-105-110(99,100)106-84-89(95)85-107-111(101,102)108-87-90(109-93(98)81-78-75-72-69-66-63-60-55-30-27-24-21-18-15-12-9-6-3)86-104-92(97)80-77-74-71-68-65-62-59-57-54-52-49-47-38-36-34-32-29-26-23-20-17-14-11-8-5-2/h9,12,16-21,25-30,33-36,39-40,47,49,88-90,94-95H,4-8,10-11,13-15,22-24,31-32,37-38,41-46,48,50-87H2,1-3H3,(H,99,100)(H,101,102)/b12-9-,19-16-,20-17-,21-18-,28-25-,29-26-,30-27-,35-33-,36-34-,40-39-,49-47-. The number of ether oxygens (including phenoxy) is 3. The predicted molar refractivity (Wildman–Crippen MR) is 463 cm³/mol. The highest BCUT2D eigenvalue weighted by Crippen LogP contribution is 2.45. The molecular weight excluding hydrogens is 1430 g/mol. The van der Waals surface area contributed by atoms with E-state index in [-0.39, 0.29) is 19.3 Å². The molecular formula is C93H162O16P2. The lowest BCUT2D eigenvalue weighted by Gasteiger charge is -2.21. The maximum absolute atomic E-state index is 13.0. The molecule has 640 valence electrons. The normalized spacial score (nSPS) is 14.5. The summed E-state index contributed by atoms with van der Waals surface area (Å²) in [4.78, 5) is 58.9. The van der Waals surface area contributed by atoms with Crippen LogP contribution in [0.2, 0.25) is 0 Å². The van der Waals surface area contributed by atoms with Crippen LogP contribution in [0.1, 0.15) is 380 Å². The summed E-state index contributed by atoms with van der Waals surface area (Å²) in [5.74, 6) is -1.58. The summed E-state index contributed by atoms with van der Waals surface area (Å²) in [7, 11) is -9.80. The Kier molecular flexibility index (Phi) is 81.8. The molecule has 0 aromatic carbocycles. The van der Waals surface area contributed by atoms with E-state index in [4.69, 9.17) is 32.3 Å². The summed E-state index contributed by atoms with van der Waals surface area (Å²) in [5.41, 5.74) is 0. The maximum atomic E-state index is 13.0. The zero-order valence-electron chi connectivity index (χ0n) is 70.4. The van der Waals surface area contributed by atoms with Crippen molar-refractivity contribution in [1.29, 1.82) is 0 Å². The first-order valence-corrected chi connectivity index (χ1v) is 47.5. The fourth-order valence-corrected chi connectivity index (χ4v) is 13.7. The zero-order chi connectivity index (χ0) is 80.8. The molecule has 0 aliphatic carbocycles. The van der Waals surface area contributed by atoms with Gasteiger partial charge in [-0.25, -0.2) is 9.13 Å². The quantitative estimate of drug-likeness (QED) is 0.0146. The van der Waals surface area contributed by atoms with E-state index in [0.717, 1.165) is 154 Å².